The number of rotatable bonds is 6. The molecule has 0 heterocycles. The molecule has 0 saturated heterocycles. The number of hydrogen-bond acceptors (Lipinski definition) is 4. The molecular formula is C17H18N2O4S. The molecule has 2 N–H and O–H groups in total. The second-order valence-corrected chi connectivity index (χ2v) is 6.88. The van der Waals surface area contributed by atoms with Gasteiger partial charge in [-0.25, -0.2) is 8.42 Å². The highest BCUT2D eigenvalue weighted by Crippen LogP contribution is 2.11. The van der Waals surface area contributed by atoms with E-state index in [0.717, 1.165) is 12.0 Å². The molecule has 0 aromatic heterocycles. The number of carbonyl (C=O) groups excluding carboxylic acids is 2. The van der Waals surface area contributed by atoms with Gasteiger partial charge in [0.25, 0.3) is 15.9 Å². The number of aryl methyl sites for hydroxylation is 1. The van der Waals surface area contributed by atoms with E-state index in [4.69, 9.17) is 0 Å². The standard InChI is InChI=1S/C17H18N2O4S/c1-3-13-7-9-14(10-8-13)17(21)18-19-24(22,23)16-6-4-5-15(11-16)12(2)20/h4-11,19H,3H2,1-2H3,(H,18,21). The molecule has 1 amide bonds. The molecule has 2 rings (SSSR count). The molecule has 126 valence electrons. The molecule has 2 aromatic rings. The summed E-state index contributed by atoms with van der Waals surface area (Å²) in [6, 6.07) is 12.5. The summed E-state index contributed by atoms with van der Waals surface area (Å²) in [6.07, 6.45) is 0.848. The number of sulfonamides is 1. The summed E-state index contributed by atoms with van der Waals surface area (Å²) in [5, 5.41) is 0. The average molecular weight is 346 g/mol. The monoisotopic (exact) mass is 346 g/mol. The van der Waals surface area contributed by atoms with Gasteiger partial charge in [0.15, 0.2) is 5.78 Å². The third-order valence-corrected chi connectivity index (χ3v) is 4.72. The van der Waals surface area contributed by atoms with E-state index in [1.165, 1.54) is 31.2 Å². The van der Waals surface area contributed by atoms with Crippen LogP contribution in [0.25, 0.3) is 0 Å². The van der Waals surface area contributed by atoms with Crippen molar-refractivity contribution in [2.75, 3.05) is 0 Å². The lowest BCUT2D eigenvalue weighted by atomic mass is 10.1. The lowest BCUT2D eigenvalue weighted by Crippen LogP contribution is -2.41. The van der Waals surface area contributed by atoms with Crippen LogP contribution in [-0.2, 0) is 16.4 Å². The van der Waals surface area contributed by atoms with Crippen LogP contribution < -0.4 is 10.3 Å². The van der Waals surface area contributed by atoms with E-state index in [1.807, 2.05) is 11.8 Å². The molecule has 7 heteroatoms. The number of amides is 1. The van der Waals surface area contributed by atoms with Crippen LogP contribution in [0.3, 0.4) is 0 Å². The Morgan fingerprint density at radius 1 is 1.00 bits per heavy atom. The fraction of sp³-hybridized carbons (Fsp3) is 0.176. The Morgan fingerprint density at radius 3 is 2.25 bits per heavy atom. The van der Waals surface area contributed by atoms with Crippen molar-refractivity contribution < 1.29 is 18.0 Å². The quantitative estimate of drug-likeness (QED) is 0.619. The van der Waals surface area contributed by atoms with Crippen LogP contribution >= 0.6 is 0 Å². The molecule has 2 aromatic carbocycles. The normalized spacial score (nSPS) is 11.1. The molecular weight excluding hydrogens is 328 g/mol. The zero-order chi connectivity index (χ0) is 17.7. The Kier molecular flexibility index (Phi) is 5.48. The molecule has 0 bridgehead atoms. The van der Waals surface area contributed by atoms with Gasteiger partial charge in [-0.3, -0.25) is 15.0 Å². The summed E-state index contributed by atoms with van der Waals surface area (Å²) in [6.45, 7) is 3.35. The van der Waals surface area contributed by atoms with Crippen molar-refractivity contribution in [1.82, 2.24) is 10.3 Å². The van der Waals surface area contributed by atoms with Crippen molar-refractivity contribution in [3.63, 3.8) is 0 Å². The van der Waals surface area contributed by atoms with Crippen molar-refractivity contribution in [3.8, 4) is 0 Å². The SMILES string of the molecule is CCc1ccc(C(=O)NNS(=O)(=O)c2cccc(C(C)=O)c2)cc1. The van der Waals surface area contributed by atoms with Crippen molar-refractivity contribution in [2.45, 2.75) is 25.2 Å². The summed E-state index contributed by atoms with van der Waals surface area (Å²) >= 11 is 0. The van der Waals surface area contributed by atoms with E-state index < -0.39 is 15.9 Å². The Balaban J connectivity index is 2.10. The van der Waals surface area contributed by atoms with E-state index in [9.17, 15) is 18.0 Å². The third-order valence-electron chi connectivity index (χ3n) is 3.47. The minimum atomic E-state index is -3.97. The summed E-state index contributed by atoms with van der Waals surface area (Å²) < 4.78 is 24.4. The van der Waals surface area contributed by atoms with Gasteiger partial charge in [0.2, 0.25) is 0 Å². The van der Waals surface area contributed by atoms with E-state index in [1.54, 1.807) is 24.3 Å². The average Bonchev–Trinajstić information content (AvgIpc) is 2.60. The van der Waals surface area contributed by atoms with Gasteiger partial charge in [0.1, 0.15) is 0 Å². The first-order valence-electron chi connectivity index (χ1n) is 7.35. The van der Waals surface area contributed by atoms with Crippen molar-refractivity contribution >= 4 is 21.7 Å². The summed E-state index contributed by atoms with van der Waals surface area (Å²) in [4.78, 5) is 25.3. The maximum absolute atomic E-state index is 12.2. The van der Waals surface area contributed by atoms with Gasteiger partial charge < -0.3 is 0 Å². The lowest BCUT2D eigenvalue weighted by Gasteiger charge is -2.09. The first kappa shape index (κ1) is 17.8. The van der Waals surface area contributed by atoms with Crippen LogP contribution in [0.2, 0.25) is 0 Å². The molecule has 0 saturated carbocycles. The topological polar surface area (TPSA) is 92.3 Å². The molecule has 0 unspecified atom stereocenters. The van der Waals surface area contributed by atoms with Gasteiger partial charge >= 0.3 is 0 Å². The molecule has 0 aliphatic carbocycles. The van der Waals surface area contributed by atoms with Crippen LogP contribution in [0.4, 0.5) is 0 Å². The number of Topliss-reactive ketones (excluding diaryl/α,β-unsaturated/α-hetero) is 1. The predicted molar refractivity (Wildman–Crippen MR) is 90.1 cm³/mol. The third kappa shape index (κ3) is 4.27. The van der Waals surface area contributed by atoms with E-state index in [2.05, 4.69) is 5.43 Å². The molecule has 0 fully saturated rings. The number of nitrogens with one attached hydrogen (secondary N) is 2. The Morgan fingerprint density at radius 2 is 1.67 bits per heavy atom. The van der Waals surface area contributed by atoms with E-state index in [0.29, 0.717) is 5.56 Å². The van der Waals surface area contributed by atoms with Gasteiger partial charge in [0.05, 0.1) is 4.90 Å². The number of carbonyl (C=O) groups is 2. The van der Waals surface area contributed by atoms with Crippen molar-refractivity contribution in [3.05, 3.63) is 65.2 Å². The Bertz CT molecular complexity index is 858. The van der Waals surface area contributed by atoms with E-state index in [-0.39, 0.29) is 16.2 Å². The summed E-state index contributed by atoms with van der Waals surface area (Å²) in [5.74, 6) is -0.809. The molecule has 0 aliphatic rings. The van der Waals surface area contributed by atoms with Crippen LogP contribution in [0.5, 0.6) is 0 Å². The fourth-order valence-electron chi connectivity index (χ4n) is 2.02. The summed E-state index contributed by atoms with van der Waals surface area (Å²) in [7, 11) is -3.97. The zero-order valence-corrected chi connectivity index (χ0v) is 14.2. The number of benzene rings is 2. The van der Waals surface area contributed by atoms with Gasteiger partial charge in [-0.2, -0.15) is 0 Å². The van der Waals surface area contributed by atoms with Crippen LogP contribution in [0.15, 0.2) is 53.4 Å². The molecule has 24 heavy (non-hydrogen) atoms. The van der Waals surface area contributed by atoms with Crippen molar-refractivity contribution in [1.29, 1.82) is 0 Å². The number of ketones is 1. The molecule has 6 nitrogen and oxygen atoms in total. The molecule has 0 atom stereocenters. The lowest BCUT2D eigenvalue weighted by molar-refractivity contribution is 0.0944. The first-order valence-corrected chi connectivity index (χ1v) is 8.84. The van der Waals surface area contributed by atoms with Gasteiger partial charge in [0, 0.05) is 11.1 Å². The first-order chi connectivity index (χ1) is 11.3. The zero-order valence-electron chi connectivity index (χ0n) is 13.4. The van der Waals surface area contributed by atoms with Crippen LogP contribution in [0, 0.1) is 0 Å². The van der Waals surface area contributed by atoms with E-state index >= 15 is 0 Å². The molecule has 0 spiro atoms. The maximum atomic E-state index is 12.2. The highest BCUT2D eigenvalue weighted by atomic mass is 32.2. The van der Waals surface area contributed by atoms with Crippen molar-refractivity contribution in [2.24, 2.45) is 0 Å². The molecule has 0 aliphatic heterocycles. The van der Waals surface area contributed by atoms with Gasteiger partial charge in [-0.1, -0.05) is 31.2 Å². The minimum Gasteiger partial charge on any atom is -0.295 e. The predicted octanol–water partition coefficient (Wildman–Crippen LogP) is 2.07. The second-order valence-electron chi connectivity index (χ2n) is 5.19. The summed E-state index contributed by atoms with van der Waals surface area (Å²) in [5.41, 5.74) is 3.86. The van der Waals surface area contributed by atoms with Gasteiger partial charge in [-0.05, 0) is 43.2 Å². The van der Waals surface area contributed by atoms with Crippen LogP contribution in [0.1, 0.15) is 40.1 Å². The Labute approximate surface area is 140 Å². The Hall–Kier alpha value is -2.51. The largest absolute Gasteiger partial charge is 0.295 e. The highest BCUT2D eigenvalue weighted by molar-refractivity contribution is 7.89. The molecule has 0 radical (unpaired) electrons. The number of hydrogen-bond donors (Lipinski definition) is 2. The maximum Gasteiger partial charge on any atom is 0.266 e. The van der Waals surface area contributed by atoms with Crippen LogP contribution in [-0.4, -0.2) is 20.1 Å². The smallest absolute Gasteiger partial charge is 0.266 e. The number of hydrazine groups is 1. The second kappa shape index (κ2) is 7.37. The van der Waals surface area contributed by atoms with Gasteiger partial charge in [-0.15, -0.1) is 4.83 Å². The highest BCUT2D eigenvalue weighted by Gasteiger charge is 2.16. The fourth-order valence-corrected chi connectivity index (χ4v) is 2.90. The minimum absolute atomic E-state index is 0.100.